The molecule has 3 N–H and O–H groups in total. The highest BCUT2D eigenvalue weighted by molar-refractivity contribution is 7.75. The van der Waals surface area contributed by atoms with E-state index in [1.165, 1.54) is 7.11 Å². The standard InChI is InChI=1S/C18H18ClN2O3P/c1-3-11-6-4-5-7-15(11)25(23,24-2)17-13-10-12(19)8-9-14(13)21-16(17)18(20)22/h4-10,21H,3H2,1-2H3,(H2,20,22). The minimum absolute atomic E-state index is 0.0772. The van der Waals surface area contributed by atoms with Gasteiger partial charge in [0.2, 0.25) is 0 Å². The monoisotopic (exact) mass is 376 g/mol. The minimum Gasteiger partial charge on any atom is -0.364 e. The fraction of sp³-hybridized carbons (Fsp3) is 0.167. The van der Waals surface area contributed by atoms with Crippen LogP contribution in [0.3, 0.4) is 0 Å². The number of carbonyl (C=O) groups is 1. The number of aryl methyl sites for hydroxylation is 1. The molecule has 2 aromatic carbocycles. The predicted molar refractivity (Wildman–Crippen MR) is 102 cm³/mol. The van der Waals surface area contributed by atoms with Crippen LogP contribution >= 0.6 is 19.0 Å². The van der Waals surface area contributed by atoms with Gasteiger partial charge in [0, 0.05) is 28.3 Å². The Kier molecular flexibility index (Phi) is 4.74. The van der Waals surface area contributed by atoms with E-state index in [2.05, 4.69) is 4.98 Å². The maximum absolute atomic E-state index is 14.0. The van der Waals surface area contributed by atoms with Crippen molar-refractivity contribution in [3.05, 3.63) is 58.7 Å². The molecule has 0 saturated carbocycles. The third kappa shape index (κ3) is 2.89. The van der Waals surface area contributed by atoms with Crippen LogP contribution < -0.4 is 16.3 Å². The van der Waals surface area contributed by atoms with Crippen LogP contribution in [0, 0.1) is 0 Å². The molecule has 1 atom stereocenters. The van der Waals surface area contributed by atoms with Crippen LogP contribution in [-0.4, -0.2) is 18.0 Å². The van der Waals surface area contributed by atoms with E-state index in [1.807, 2.05) is 19.1 Å². The van der Waals surface area contributed by atoms with Crippen molar-refractivity contribution in [3.8, 4) is 0 Å². The first kappa shape index (κ1) is 17.7. The lowest BCUT2D eigenvalue weighted by Crippen LogP contribution is -2.27. The molecular weight excluding hydrogens is 359 g/mol. The highest BCUT2D eigenvalue weighted by atomic mass is 35.5. The van der Waals surface area contributed by atoms with Gasteiger partial charge in [0.25, 0.3) is 13.3 Å². The van der Waals surface area contributed by atoms with Gasteiger partial charge in [-0.3, -0.25) is 9.36 Å². The zero-order valence-corrected chi connectivity index (χ0v) is 15.5. The van der Waals surface area contributed by atoms with Gasteiger partial charge in [-0.1, -0.05) is 36.7 Å². The predicted octanol–water partition coefficient (Wildman–Crippen LogP) is 3.36. The first-order chi connectivity index (χ1) is 11.9. The Balaban J connectivity index is 2.43. The third-order valence-corrected chi connectivity index (χ3v) is 7.09. The van der Waals surface area contributed by atoms with E-state index in [4.69, 9.17) is 21.9 Å². The molecule has 1 unspecified atom stereocenters. The van der Waals surface area contributed by atoms with Gasteiger partial charge in [0.05, 0.1) is 5.30 Å². The summed E-state index contributed by atoms with van der Waals surface area (Å²) in [7, 11) is -2.18. The van der Waals surface area contributed by atoms with Crippen LogP contribution in [0.5, 0.6) is 0 Å². The summed E-state index contributed by atoms with van der Waals surface area (Å²) in [6.07, 6.45) is 0.679. The van der Waals surface area contributed by atoms with Crippen molar-refractivity contribution in [2.24, 2.45) is 5.73 Å². The molecule has 0 radical (unpaired) electrons. The summed E-state index contributed by atoms with van der Waals surface area (Å²) >= 11 is 6.12. The molecule has 0 aliphatic heterocycles. The fourth-order valence-electron chi connectivity index (χ4n) is 3.04. The molecule has 0 bridgehead atoms. The van der Waals surface area contributed by atoms with E-state index in [0.717, 1.165) is 5.56 Å². The second-order valence-corrected chi connectivity index (χ2v) is 8.45. The number of benzene rings is 2. The maximum Gasteiger partial charge on any atom is 0.266 e. The molecule has 0 fully saturated rings. The van der Waals surface area contributed by atoms with Crippen LogP contribution in [0.15, 0.2) is 42.5 Å². The molecule has 7 heteroatoms. The van der Waals surface area contributed by atoms with E-state index >= 15 is 0 Å². The molecule has 5 nitrogen and oxygen atoms in total. The summed E-state index contributed by atoms with van der Waals surface area (Å²) in [6.45, 7) is 1.97. The zero-order valence-electron chi connectivity index (χ0n) is 13.9. The van der Waals surface area contributed by atoms with Gasteiger partial charge < -0.3 is 15.2 Å². The van der Waals surface area contributed by atoms with Crippen molar-refractivity contribution >= 4 is 46.4 Å². The Morgan fingerprint density at radius 1 is 1.28 bits per heavy atom. The second-order valence-electron chi connectivity index (χ2n) is 5.62. The zero-order chi connectivity index (χ0) is 18.2. The van der Waals surface area contributed by atoms with Crippen molar-refractivity contribution < 1.29 is 13.9 Å². The molecule has 25 heavy (non-hydrogen) atoms. The molecular formula is C18H18ClN2O3P. The van der Waals surface area contributed by atoms with Crippen molar-refractivity contribution in [2.75, 3.05) is 7.11 Å². The number of primary amides is 1. The number of nitrogens with one attached hydrogen (secondary N) is 1. The van der Waals surface area contributed by atoms with Gasteiger partial charge in [-0.15, -0.1) is 0 Å². The number of hydrogen-bond acceptors (Lipinski definition) is 3. The van der Waals surface area contributed by atoms with Crippen molar-refractivity contribution in [3.63, 3.8) is 0 Å². The smallest absolute Gasteiger partial charge is 0.266 e. The molecule has 0 aliphatic rings. The van der Waals surface area contributed by atoms with E-state index in [1.54, 1.807) is 30.3 Å². The lowest BCUT2D eigenvalue weighted by molar-refractivity contribution is 0.0997. The fourth-order valence-corrected chi connectivity index (χ4v) is 5.69. The summed E-state index contributed by atoms with van der Waals surface area (Å²) in [4.78, 5) is 15.0. The Hall–Kier alpha value is -2.07. The molecule has 3 rings (SSSR count). The Morgan fingerprint density at radius 2 is 2.00 bits per heavy atom. The first-order valence-electron chi connectivity index (χ1n) is 7.78. The molecule has 0 aliphatic carbocycles. The molecule has 130 valence electrons. The first-order valence-corrected chi connectivity index (χ1v) is 9.78. The van der Waals surface area contributed by atoms with Crippen LogP contribution in [0.25, 0.3) is 10.9 Å². The highest BCUT2D eigenvalue weighted by Crippen LogP contribution is 2.48. The Bertz CT molecular complexity index is 1010. The Labute approximate surface area is 150 Å². The van der Waals surface area contributed by atoms with Crippen LogP contribution in [0.4, 0.5) is 0 Å². The SMILES string of the molecule is CCc1ccccc1P(=O)(OC)c1c(C(N)=O)[nH]c2ccc(Cl)cc12. The van der Waals surface area contributed by atoms with Crippen molar-refractivity contribution in [2.45, 2.75) is 13.3 Å². The van der Waals surface area contributed by atoms with Crippen molar-refractivity contribution in [1.82, 2.24) is 4.98 Å². The lowest BCUT2D eigenvalue weighted by Gasteiger charge is -2.20. The largest absolute Gasteiger partial charge is 0.364 e. The maximum atomic E-state index is 14.0. The molecule has 1 aromatic heterocycles. The number of fused-ring (bicyclic) bond motifs is 1. The van der Waals surface area contributed by atoms with Gasteiger partial charge in [-0.25, -0.2) is 0 Å². The van der Waals surface area contributed by atoms with E-state index in [-0.39, 0.29) is 11.0 Å². The average molecular weight is 377 g/mol. The van der Waals surface area contributed by atoms with Crippen LogP contribution in [0.2, 0.25) is 5.02 Å². The summed E-state index contributed by atoms with van der Waals surface area (Å²) in [5.41, 5.74) is 7.13. The summed E-state index contributed by atoms with van der Waals surface area (Å²) in [6, 6.07) is 12.4. The second kappa shape index (κ2) is 6.68. The molecule has 3 aromatic rings. The van der Waals surface area contributed by atoms with Crippen LogP contribution in [0.1, 0.15) is 23.0 Å². The van der Waals surface area contributed by atoms with E-state index < -0.39 is 13.3 Å². The summed E-state index contributed by atoms with van der Waals surface area (Å²) < 4.78 is 19.5. The molecule has 0 saturated heterocycles. The summed E-state index contributed by atoms with van der Waals surface area (Å²) in [5.74, 6) is -0.700. The van der Waals surface area contributed by atoms with Gasteiger partial charge in [0.15, 0.2) is 0 Å². The normalized spacial score (nSPS) is 13.7. The van der Waals surface area contributed by atoms with Gasteiger partial charge in [-0.05, 0) is 36.2 Å². The number of halogens is 1. The molecule has 1 heterocycles. The Morgan fingerprint density at radius 3 is 2.64 bits per heavy atom. The topological polar surface area (TPSA) is 85.2 Å². The van der Waals surface area contributed by atoms with Gasteiger partial charge >= 0.3 is 0 Å². The average Bonchev–Trinajstić information content (AvgIpc) is 3.00. The van der Waals surface area contributed by atoms with E-state index in [0.29, 0.717) is 27.7 Å². The number of H-pyrrole nitrogens is 1. The number of carbonyl (C=O) groups excluding carboxylic acids is 1. The van der Waals surface area contributed by atoms with Gasteiger partial charge in [-0.2, -0.15) is 0 Å². The van der Waals surface area contributed by atoms with Crippen LogP contribution in [-0.2, 0) is 15.5 Å². The third-order valence-electron chi connectivity index (χ3n) is 4.22. The molecule has 0 spiro atoms. The summed E-state index contributed by atoms with van der Waals surface area (Å²) in [5, 5.41) is 1.86. The number of nitrogens with two attached hydrogens (primary N) is 1. The van der Waals surface area contributed by atoms with E-state index in [9.17, 15) is 9.36 Å². The lowest BCUT2D eigenvalue weighted by atomic mass is 10.2. The van der Waals surface area contributed by atoms with Crippen molar-refractivity contribution in [1.29, 1.82) is 0 Å². The number of amides is 1. The highest BCUT2D eigenvalue weighted by Gasteiger charge is 2.36. The number of hydrogen-bond donors (Lipinski definition) is 2. The number of rotatable bonds is 5. The quantitative estimate of drug-likeness (QED) is 0.669. The number of aromatic nitrogens is 1. The molecule has 1 amide bonds. The minimum atomic E-state index is -3.56. The number of aromatic amines is 1. The van der Waals surface area contributed by atoms with Gasteiger partial charge in [0.1, 0.15) is 5.69 Å².